The van der Waals surface area contributed by atoms with Crippen LogP contribution in [0.2, 0.25) is 10.0 Å². The maximum absolute atomic E-state index is 14.4. The molecule has 0 unspecified atom stereocenters. The van der Waals surface area contributed by atoms with Crippen LogP contribution >= 0.6 is 35.4 Å². The van der Waals surface area contributed by atoms with E-state index in [0.717, 1.165) is 5.56 Å². The highest BCUT2D eigenvalue weighted by molar-refractivity contribution is 7.80. The van der Waals surface area contributed by atoms with Crippen molar-refractivity contribution >= 4 is 62.8 Å². The Labute approximate surface area is 210 Å². The first kappa shape index (κ1) is 23.9. The average molecular weight is 517 g/mol. The van der Waals surface area contributed by atoms with Crippen molar-refractivity contribution < 1.29 is 14.2 Å². The average Bonchev–Trinajstić information content (AvgIpc) is 3.07. The molecule has 0 radical (unpaired) electrons. The molecule has 2 N–H and O–H groups in total. The number of aromatic nitrogens is 1. The fourth-order valence-electron chi connectivity index (χ4n) is 3.54. The Morgan fingerprint density at radius 1 is 1.15 bits per heavy atom. The van der Waals surface area contributed by atoms with Crippen LogP contribution < -0.4 is 10.1 Å². The van der Waals surface area contributed by atoms with Crippen LogP contribution in [-0.2, 0) is 6.54 Å². The predicted octanol–water partition coefficient (Wildman–Crippen LogP) is 7.64. The van der Waals surface area contributed by atoms with Gasteiger partial charge < -0.3 is 19.7 Å². The SMILES string of the molecule is COc1cc(Cl)c(C)cc1NC(=S)N=Nc1c(O)n(Cc2c(F)cccc2Cl)c2ccccc12. The van der Waals surface area contributed by atoms with Crippen molar-refractivity contribution in [2.75, 3.05) is 12.4 Å². The molecule has 0 saturated carbocycles. The number of azo groups is 1. The van der Waals surface area contributed by atoms with Crippen LogP contribution in [0.25, 0.3) is 10.9 Å². The van der Waals surface area contributed by atoms with Crippen molar-refractivity contribution in [1.82, 2.24) is 4.57 Å². The maximum Gasteiger partial charge on any atom is 0.221 e. The number of nitrogens with zero attached hydrogens (tertiary/aromatic N) is 3. The number of rotatable bonds is 5. The zero-order valence-electron chi connectivity index (χ0n) is 18.1. The van der Waals surface area contributed by atoms with Gasteiger partial charge in [0.2, 0.25) is 11.0 Å². The number of hydrogen-bond donors (Lipinski definition) is 2. The Morgan fingerprint density at radius 2 is 1.91 bits per heavy atom. The third kappa shape index (κ3) is 4.70. The summed E-state index contributed by atoms with van der Waals surface area (Å²) in [4.78, 5) is 0. The van der Waals surface area contributed by atoms with E-state index in [1.807, 2.05) is 13.0 Å². The molecule has 1 aromatic heterocycles. The van der Waals surface area contributed by atoms with Gasteiger partial charge >= 0.3 is 0 Å². The summed E-state index contributed by atoms with van der Waals surface area (Å²) in [6.07, 6.45) is 0. The lowest BCUT2D eigenvalue weighted by Crippen LogP contribution is -2.07. The van der Waals surface area contributed by atoms with Crippen molar-refractivity contribution in [3.8, 4) is 11.6 Å². The number of fused-ring (bicyclic) bond motifs is 1. The van der Waals surface area contributed by atoms with Crippen LogP contribution in [0.5, 0.6) is 11.6 Å². The Balaban J connectivity index is 1.67. The highest BCUT2D eigenvalue weighted by atomic mass is 35.5. The van der Waals surface area contributed by atoms with Crippen LogP contribution in [0.1, 0.15) is 11.1 Å². The first-order valence-electron chi connectivity index (χ1n) is 10.1. The van der Waals surface area contributed by atoms with Gasteiger partial charge in [0.05, 0.1) is 24.9 Å². The first-order valence-corrected chi connectivity index (χ1v) is 11.3. The molecule has 10 heteroatoms. The van der Waals surface area contributed by atoms with Gasteiger partial charge in [0.1, 0.15) is 11.6 Å². The van der Waals surface area contributed by atoms with E-state index in [2.05, 4.69) is 15.5 Å². The normalized spacial score (nSPS) is 11.3. The minimum Gasteiger partial charge on any atom is -0.495 e. The fourth-order valence-corrected chi connectivity index (χ4v) is 4.06. The monoisotopic (exact) mass is 516 g/mol. The molecule has 0 fully saturated rings. The molecule has 0 atom stereocenters. The zero-order valence-corrected chi connectivity index (χ0v) is 20.5. The first-order chi connectivity index (χ1) is 16.3. The van der Waals surface area contributed by atoms with Crippen LogP contribution in [0.4, 0.5) is 15.8 Å². The lowest BCUT2D eigenvalue weighted by molar-refractivity contribution is 0.417. The molecule has 0 amide bonds. The number of hydrogen-bond acceptors (Lipinski definition) is 4. The predicted molar refractivity (Wildman–Crippen MR) is 138 cm³/mol. The number of aromatic hydroxyl groups is 1. The van der Waals surface area contributed by atoms with Gasteiger partial charge in [0.25, 0.3) is 0 Å². The molecule has 4 aromatic rings. The molecular weight excluding hydrogens is 498 g/mol. The lowest BCUT2D eigenvalue weighted by Gasteiger charge is -2.11. The molecule has 0 spiro atoms. The number of aryl methyl sites for hydroxylation is 1. The summed E-state index contributed by atoms with van der Waals surface area (Å²) in [6, 6.07) is 15.1. The second-order valence-electron chi connectivity index (χ2n) is 7.41. The summed E-state index contributed by atoms with van der Waals surface area (Å²) in [6.45, 7) is 1.86. The third-order valence-electron chi connectivity index (χ3n) is 5.26. The lowest BCUT2D eigenvalue weighted by atomic mass is 10.2. The Morgan fingerprint density at radius 3 is 2.65 bits per heavy atom. The van der Waals surface area contributed by atoms with Gasteiger partial charge in [-0.15, -0.1) is 10.2 Å². The fraction of sp³-hybridized carbons (Fsp3) is 0.125. The Kier molecular flexibility index (Phi) is 7.02. The van der Waals surface area contributed by atoms with E-state index in [-0.39, 0.29) is 33.8 Å². The topological polar surface area (TPSA) is 71.1 Å². The second kappa shape index (κ2) is 9.97. The molecule has 0 aliphatic rings. The van der Waals surface area contributed by atoms with Gasteiger partial charge in [-0.2, -0.15) is 0 Å². The van der Waals surface area contributed by atoms with Crippen LogP contribution in [0.15, 0.2) is 64.8 Å². The van der Waals surface area contributed by atoms with E-state index in [1.165, 1.54) is 23.8 Å². The van der Waals surface area contributed by atoms with Gasteiger partial charge in [-0.25, -0.2) is 4.39 Å². The van der Waals surface area contributed by atoms with Crippen molar-refractivity contribution in [1.29, 1.82) is 0 Å². The molecule has 3 aromatic carbocycles. The number of thiocarbonyl (C=S) groups is 1. The van der Waals surface area contributed by atoms with Crippen LogP contribution in [0, 0.1) is 12.7 Å². The van der Waals surface area contributed by atoms with E-state index in [4.69, 9.17) is 40.2 Å². The Bertz CT molecular complexity index is 1420. The largest absolute Gasteiger partial charge is 0.495 e. The highest BCUT2D eigenvalue weighted by Gasteiger charge is 2.19. The van der Waals surface area contributed by atoms with Gasteiger partial charge in [-0.05, 0) is 49.0 Å². The number of halogens is 3. The Hall–Kier alpha value is -3.20. The van der Waals surface area contributed by atoms with Crippen molar-refractivity contribution in [3.63, 3.8) is 0 Å². The molecule has 4 rings (SSSR count). The highest BCUT2D eigenvalue weighted by Crippen LogP contribution is 2.40. The summed E-state index contributed by atoms with van der Waals surface area (Å²) in [5.74, 6) is -0.160. The number of ether oxygens (including phenoxy) is 1. The second-order valence-corrected chi connectivity index (χ2v) is 8.61. The summed E-state index contributed by atoms with van der Waals surface area (Å²) in [5.41, 5.74) is 2.51. The molecule has 1 heterocycles. The molecule has 34 heavy (non-hydrogen) atoms. The summed E-state index contributed by atoms with van der Waals surface area (Å²) in [7, 11) is 1.52. The van der Waals surface area contributed by atoms with Gasteiger partial charge in [-0.1, -0.05) is 47.5 Å². The number of anilines is 1. The smallest absolute Gasteiger partial charge is 0.221 e. The molecule has 6 nitrogen and oxygen atoms in total. The van der Waals surface area contributed by atoms with Crippen molar-refractivity contribution in [2.24, 2.45) is 10.2 Å². The van der Waals surface area contributed by atoms with E-state index in [9.17, 15) is 9.50 Å². The minimum absolute atomic E-state index is 0.0112. The molecule has 0 aliphatic carbocycles. The van der Waals surface area contributed by atoms with Crippen molar-refractivity contribution in [2.45, 2.75) is 13.5 Å². The number of benzene rings is 3. The van der Waals surface area contributed by atoms with Crippen LogP contribution in [0.3, 0.4) is 0 Å². The zero-order chi connectivity index (χ0) is 24.4. The van der Waals surface area contributed by atoms with Crippen LogP contribution in [-0.4, -0.2) is 21.9 Å². The van der Waals surface area contributed by atoms with E-state index in [0.29, 0.717) is 27.4 Å². The molecular formula is C24H19Cl2FN4O2S. The van der Waals surface area contributed by atoms with Gasteiger partial charge in [-0.3, -0.25) is 0 Å². The summed E-state index contributed by atoms with van der Waals surface area (Å²) >= 11 is 17.7. The summed E-state index contributed by atoms with van der Waals surface area (Å²) < 4.78 is 21.2. The molecule has 174 valence electrons. The minimum atomic E-state index is -0.467. The third-order valence-corrected chi connectivity index (χ3v) is 6.20. The van der Waals surface area contributed by atoms with E-state index < -0.39 is 5.82 Å². The van der Waals surface area contributed by atoms with E-state index >= 15 is 0 Å². The standard InChI is InChI=1S/C24H19Cl2FN4O2S/c1-13-10-19(21(33-2)11-17(13)26)28-24(34)30-29-22-14-6-3-4-9-20(14)31(23(22)32)12-15-16(25)7-5-8-18(15)27/h3-11,32H,12H2,1-2H3,(H,28,34). The van der Waals surface area contributed by atoms with E-state index in [1.54, 1.807) is 36.4 Å². The quantitative estimate of drug-likeness (QED) is 0.211. The summed E-state index contributed by atoms with van der Waals surface area (Å²) in [5, 5.41) is 23.7. The molecule has 0 saturated heterocycles. The number of para-hydroxylation sites is 1. The van der Waals surface area contributed by atoms with Gasteiger partial charge in [0.15, 0.2) is 5.69 Å². The number of methoxy groups -OCH3 is 1. The molecule has 0 bridgehead atoms. The molecule has 0 aliphatic heterocycles. The van der Waals surface area contributed by atoms with Crippen molar-refractivity contribution in [3.05, 3.63) is 81.6 Å². The number of nitrogens with one attached hydrogen (secondary N) is 1. The van der Waals surface area contributed by atoms with Gasteiger partial charge in [0, 0.05) is 27.1 Å². The maximum atomic E-state index is 14.4.